The molecule has 1 N–H and O–H groups in total. The third kappa shape index (κ3) is 3.64. The Morgan fingerprint density at radius 3 is 2.66 bits per heavy atom. The topological polar surface area (TPSA) is 75.3 Å². The van der Waals surface area contributed by atoms with E-state index in [4.69, 9.17) is 4.74 Å². The maximum atomic E-state index is 12.9. The second-order valence-electron chi connectivity index (χ2n) is 8.10. The highest BCUT2D eigenvalue weighted by atomic mass is 16.5. The Hall–Kier alpha value is -3.93. The van der Waals surface area contributed by atoms with Gasteiger partial charge in [0.2, 0.25) is 0 Å². The molecule has 4 aromatic rings. The number of rotatable bonds is 4. The van der Waals surface area contributed by atoms with E-state index in [2.05, 4.69) is 9.97 Å². The lowest BCUT2D eigenvalue weighted by Gasteiger charge is -2.21. The lowest BCUT2D eigenvalue weighted by molar-refractivity contribution is -0.126. The molecule has 1 atom stereocenters. The SMILES string of the molecule is Cc1ccc(-c2nc3ccc(C(=O)OC(C)C(=O)N4CCc5ccccc54)cc3[nH]2)cc1. The summed E-state index contributed by atoms with van der Waals surface area (Å²) in [6.45, 7) is 4.25. The zero-order chi connectivity index (χ0) is 22.2. The summed E-state index contributed by atoms with van der Waals surface area (Å²) in [6, 6.07) is 21.1. The number of aromatic amines is 1. The lowest BCUT2D eigenvalue weighted by Crippen LogP contribution is -2.39. The summed E-state index contributed by atoms with van der Waals surface area (Å²) in [5.41, 5.74) is 6.05. The fraction of sp³-hybridized carbons (Fsp3) is 0.192. The van der Waals surface area contributed by atoms with Crippen molar-refractivity contribution in [2.24, 2.45) is 0 Å². The summed E-state index contributed by atoms with van der Waals surface area (Å²) < 4.78 is 5.51. The number of aryl methyl sites for hydroxylation is 1. The number of carbonyl (C=O) groups is 2. The van der Waals surface area contributed by atoms with Crippen LogP contribution in [0.15, 0.2) is 66.7 Å². The van der Waals surface area contributed by atoms with Crippen LogP contribution in [0, 0.1) is 6.92 Å². The van der Waals surface area contributed by atoms with E-state index in [-0.39, 0.29) is 5.91 Å². The van der Waals surface area contributed by atoms with Gasteiger partial charge < -0.3 is 14.6 Å². The minimum Gasteiger partial charge on any atom is -0.449 e. The summed E-state index contributed by atoms with van der Waals surface area (Å²) in [7, 11) is 0. The molecule has 2 heterocycles. The van der Waals surface area contributed by atoms with Crippen LogP contribution in [0.1, 0.15) is 28.4 Å². The van der Waals surface area contributed by atoms with Crippen LogP contribution in [0.5, 0.6) is 0 Å². The molecule has 0 radical (unpaired) electrons. The number of fused-ring (bicyclic) bond motifs is 2. The average Bonchev–Trinajstić information content (AvgIpc) is 3.42. The van der Waals surface area contributed by atoms with E-state index in [0.29, 0.717) is 12.1 Å². The molecule has 6 nitrogen and oxygen atoms in total. The van der Waals surface area contributed by atoms with Gasteiger partial charge in [-0.05, 0) is 50.1 Å². The van der Waals surface area contributed by atoms with E-state index >= 15 is 0 Å². The predicted octanol–water partition coefficient (Wildman–Crippen LogP) is 4.67. The van der Waals surface area contributed by atoms with E-state index in [9.17, 15) is 9.59 Å². The fourth-order valence-electron chi connectivity index (χ4n) is 4.05. The molecule has 32 heavy (non-hydrogen) atoms. The summed E-state index contributed by atoms with van der Waals surface area (Å²) >= 11 is 0. The number of hydrogen-bond donors (Lipinski definition) is 1. The minimum atomic E-state index is -0.880. The van der Waals surface area contributed by atoms with Crippen LogP contribution in [-0.2, 0) is 16.0 Å². The van der Waals surface area contributed by atoms with Gasteiger partial charge in [-0.2, -0.15) is 0 Å². The molecule has 0 saturated carbocycles. The molecule has 0 spiro atoms. The fourth-order valence-corrected chi connectivity index (χ4v) is 4.05. The number of imidazole rings is 1. The number of H-pyrrole nitrogens is 1. The number of esters is 1. The molecule has 0 fully saturated rings. The van der Waals surface area contributed by atoms with Gasteiger partial charge in [0.15, 0.2) is 6.10 Å². The number of nitrogens with one attached hydrogen (secondary N) is 1. The summed E-state index contributed by atoms with van der Waals surface area (Å²) in [5.74, 6) is -0.0129. The Labute approximate surface area is 185 Å². The van der Waals surface area contributed by atoms with Gasteiger partial charge in [-0.15, -0.1) is 0 Å². The first-order chi connectivity index (χ1) is 15.5. The van der Waals surface area contributed by atoms with E-state index < -0.39 is 12.1 Å². The number of carbonyl (C=O) groups excluding carboxylic acids is 2. The molecule has 0 bridgehead atoms. The summed E-state index contributed by atoms with van der Waals surface area (Å²) in [6.07, 6.45) is -0.0724. The molecule has 1 aromatic heterocycles. The van der Waals surface area contributed by atoms with E-state index in [1.54, 1.807) is 30.0 Å². The van der Waals surface area contributed by atoms with Crippen molar-refractivity contribution in [3.63, 3.8) is 0 Å². The Kier molecular flexibility index (Phi) is 4.98. The molecule has 1 aliphatic heterocycles. The zero-order valence-corrected chi connectivity index (χ0v) is 18.0. The number of ether oxygens (including phenoxy) is 1. The van der Waals surface area contributed by atoms with Crippen molar-refractivity contribution in [3.8, 4) is 11.4 Å². The molecular weight excluding hydrogens is 402 g/mol. The lowest BCUT2D eigenvalue weighted by atomic mass is 10.1. The van der Waals surface area contributed by atoms with E-state index in [1.807, 2.05) is 55.5 Å². The van der Waals surface area contributed by atoms with Crippen molar-refractivity contribution in [3.05, 3.63) is 83.4 Å². The van der Waals surface area contributed by atoms with Crippen molar-refractivity contribution < 1.29 is 14.3 Å². The van der Waals surface area contributed by atoms with Gasteiger partial charge in [-0.25, -0.2) is 9.78 Å². The standard InChI is InChI=1S/C26H23N3O3/c1-16-7-9-19(10-8-16)24-27-21-12-11-20(15-22(21)28-24)26(31)32-17(2)25(30)29-14-13-18-5-3-4-6-23(18)29/h3-12,15,17H,13-14H2,1-2H3,(H,27,28). The minimum absolute atomic E-state index is 0.215. The number of hydrogen-bond acceptors (Lipinski definition) is 4. The Balaban J connectivity index is 1.32. The number of amides is 1. The summed E-state index contributed by atoms with van der Waals surface area (Å²) in [4.78, 5) is 35.2. The first kappa shape index (κ1) is 20.0. The first-order valence-corrected chi connectivity index (χ1v) is 10.7. The highest BCUT2D eigenvalue weighted by Gasteiger charge is 2.30. The molecule has 1 amide bonds. The molecule has 1 aliphatic rings. The highest BCUT2D eigenvalue weighted by Crippen LogP contribution is 2.28. The molecule has 160 valence electrons. The van der Waals surface area contributed by atoms with Crippen molar-refractivity contribution in [2.75, 3.05) is 11.4 Å². The van der Waals surface area contributed by atoms with Gasteiger partial charge in [0.05, 0.1) is 16.6 Å². The largest absolute Gasteiger partial charge is 0.449 e. The predicted molar refractivity (Wildman–Crippen MR) is 124 cm³/mol. The number of nitrogens with zero attached hydrogens (tertiary/aromatic N) is 2. The Morgan fingerprint density at radius 2 is 1.84 bits per heavy atom. The molecule has 6 heteroatoms. The van der Waals surface area contributed by atoms with Gasteiger partial charge in [0, 0.05) is 17.8 Å². The van der Waals surface area contributed by atoms with Gasteiger partial charge >= 0.3 is 5.97 Å². The van der Waals surface area contributed by atoms with Crippen LogP contribution < -0.4 is 4.90 Å². The van der Waals surface area contributed by atoms with E-state index in [0.717, 1.165) is 40.1 Å². The van der Waals surface area contributed by atoms with Crippen LogP contribution in [0.2, 0.25) is 0 Å². The van der Waals surface area contributed by atoms with Crippen LogP contribution in [0.3, 0.4) is 0 Å². The molecule has 3 aromatic carbocycles. The Bertz CT molecular complexity index is 1320. The van der Waals surface area contributed by atoms with E-state index in [1.165, 1.54) is 5.56 Å². The molecule has 0 aliphatic carbocycles. The van der Waals surface area contributed by atoms with Gasteiger partial charge in [0.1, 0.15) is 5.82 Å². The maximum Gasteiger partial charge on any atom is 0.338 e. The maximum absolute atomic E-state index is 12.9. The Morgan fingerprint density at radius 1 is 1.06 bits per heavy atom. The molecular formula is C26H23N3O3. The third-order valence-corrected chi connectivity index (χ3v) is 5.83. The second kappa shape index (κ2) is 7.96. The third-order valence-electron chi connectivity index (χ3n) is 5.83. The normalized spacial score (nSPS) is 13.8. The number of para-hydroxylation sites is 1. The van der Waals surface area contributed by atoms with Gasteiger partial charge in [-0.3, -0.25) is 4.79 Å². The van der Waals surface area contributed by atoms with Crippen molar-refractivity contribution in [2.45, 2.75) is 26.4 Å². The van der Waals surface area contributed by atoms with Crippen LogP contribution >= 0.6 is 0 Å². The monoisotopic (exact) mass is 425 g/mol. The average molecular weight is 425 g/mol. The van der Waals surface area contributed by atoms with Crippen molar-refractivity contribution in [1.29, 1.82) is 0 Å². The molecule has 0 saturated heterocycles. The van der Waals surface area contributed by atoms with Crippen molar-refractivity contribution >= 4 is 28.6 Å². The number of aromatic nitrogens is 2. The molecule has 1 unspecified atom stereocenters. The first-order valence-electron chi connectivity index (χ1n) is 10.7. The summed E-state index contributed by atoms with van der Waals surface area (Å²) in [5, 5.41) is 0. The highest BCUT2D eigenvalue weighted by molar-refractivity contribution is 6.01. The second-order valence-corrected chi connectivity index (χ2v) is 8.10. The van der Waals surface area contributed by atoms with Gasteiger partial charge in [-0.1, -0.05) is 48.0 Å². The van der Waals surface area contributed by atoms with Gasteiger partial charge in [0.25, 0.3) is 5.91 Å². The molecule has 5 rings (SSSR count). The number of benzene rings is 3. The zero-order valence-electron chi connectivity index (χ0n) is 18.0. The van der Waals surface area contributed by atoms with Crippen LogP contribution in [0.4, 0.5) is 5.69 Å². The van der Waals surface area contributed by atoms with Crippen molar-refractivity contribution in [1.82, 2.24) is 9.97 Å². The van der Waals surface area contributed by atoms with Crippen LogP contribution in [0.25, 0.3) is 22.4 Å². The van der Waals surface area contributed by atoms with Crippen LogP contribution in [-0.4, -0.2) is 34.5 Å². The smallest absolute Gasteiger partial charge is 0.338 e. The number of anilines is 1. The quantitative estimate of drug-likeness (QED) is 0.482.